The van der Waals surface area contributed by atoms with Gasteiger partial charge < -0.3 is 25.5 Å². The third kappa shape index (κ3) is 3.53. The molecule has 0 bridgehead atoms. The van der Waals surface area contributed by atoms with Gasteiger partial charge >= 0.3 is 0 Å². The van der Waals surface area contributed by atoms with Gasteiger partial charge in [0, 0.05) is 0 Å². The summed E-state index contributed by atoms with van der Waals surface area (Å²) in [5.41, 5.74) is 2.06. The van der Waals surface area contributed by atoms with E-state index >= 15 is 0 Å². The van der Waals surface area contributed by atoms with Crippen LogP contribution >= 0.6 is 0 Å². The molecule has 0 aliphatic rings. The Labute approximate surface area is 75.4 Å². The molecule has 0 unspecified atom stereocenters. The van der Waals surface area contributed by atoms with Crippen LogP contribution in [0.25, 0.3) is 0 Å². The summed E-state index contributed by atoms with van der Waals surface area (Å²) in [6, 6.07) is -0.948. The average Bonchev–Trinajstić information content (AvgIpc) is 2.17. The fourth-order valence-corrected chi connectivity index (χ4v) is 0.833. The molecule has 0 fully saturated rings. The Hall–Kier alpha value is -0.280. The molecule has 0 rings (SSSR count). The Kier molecular flexibility index (Phi) is 6.08. The third-order valence-corrected chi connectivity index (χ3v) is 1.75. The van der Waals surface area contributed by atoms with Crippen molar-refractivity contribution in [2.45, 2.75) is 24.4 Å². The van der Waals surface area contributed by atoms with E-state index in [2.05, 4.69) is 5.43 Å². The number of hydrazine groups is 1. The van der Waals surface area contributed by atoms with Gasteiger partial charge in [-0.15, -0.1) is 0 Å². The first-order valence-electron chi connectivity index (χ1n) is 3.80. The summed E-state index contributed by atoms with van der Waals surface area (Å²) < 4.78 is 0. The van der Waals surface area contributed by atoms with Crippen molar-refractivity contribution < 1.29 is 25.5 Å². The summed E-state index contributed by atoms with van der Waals surface area (Å²) in [6.45, 7) is -1.17. The second kappa shape index (κ2) is 6.22. The van der Waals surface area contributed by atoms with Crippen LogP contribution in [-0.2, 0) is 0 Å². The highest BCUT2D eigenvalue weighted by molar-refractivity contribution is 4.83. The van der Waals surface area contributed by atoms with Crippen LogP contribution in [0.5, 0.6) is 0 Å². The lowest BCUT2D eigenvalue weighted by molar-refractivity contribution is -0.0916. The van der Waals surface area contributed by atoms with Crippen molar-refractivity contribution in [2.75, 3.05) is 13.2 Å². The van der Waals surface area contributed by atoms with E-state index in [1.54, 1.807) is 0 Å². The number of nitrogens with two attached hydrogens (primary N) is 1. The highest BCUT2D eigenvalue weighted by Gasteiger charge is 2.29. The van der Waals surface area contributed by atoms with Crippen molar-refractivity contribution >= 4 is 0 Å². The Morgan fingerprint density at radius 2 is 1.54 bits per heavy atom. The van der Waals surface area contributed by atoms with Gasteiger partial charge in [-0.2, -0.15) is 0 Å². The molecule has 0 aliphatic heterocycles. The van der Waals surface area contributed by atoms with E-state index in [1.807, 2.05) is 0 Å². The van der Waals surface area contributed by atoms with E-state index in [1.165, 1.54) is 0 Å². The van der Waals surface area contributed by atoms with Crippen LogP contribution in [0.3, 0.4) is 0 Å². The lowest BCUT2D eigenvalue weighted by atomic mass is 10.0. The molecule has 0 aromatic carbocycles. The highest BCUT2D eigenvalue weighted by atomic mass is 16.4. The van der Waals surface area contributed by atoms with Gasteiger partial charge in [-0.3, -0.25) is 11.3 Å². The molecule has 0 aromatic rings. The Bertz CT molecular complexity index is 132. The maximum atomic E-state index is 9.26. The first-order chi connectivity index (χ1) is 6.08. The first-order valence-corrected chi connectivity index (χ1v) is 3.80. The van der Waals surface area contributed by atoms with Crippen molar-refractivity contribution in [3.8, 4) is 0 Å². The molecule has 8 N–H and O–H groups in total. The molecule has 0 amide bonds. The average molecular weight is 196 g/mol. The summed E-state index contributed by atoms with van der Waals surface area (Å²) in [5.74, 6) is 4.94. The molecular weight excluding hydrogens is 180 g/mol. The minimum atomic E-state index is -1.56. The van der Waals surface area contributed by atoms with E-state index in [4.69, 9.17) is 26.3 Å². The molecule has 4 atom stereocenters. The predicted molar refractivity (Wildman–Crippen MR) is 43.3 cm³/mol. The van der Waals surface area contributed by atoms with Crippen LogP contribution in [0, 0.1) is 0 Å². The number of aliphatic hydroxyl groups excluding tert-OH is 5. The molecule has 0 spiro atoms. The number of rotatable bonds is 6. The van der Waals surface area contributed by atoms with E-state index < -0.39 is 37.6 Å². The van der Waals surface area contributed by atoms with E-state index in [0.29, 0.717) is 0 Å². The first kappa shape index (κ1) is 12.7. The maximum Gasteiger partial charge on any atom is 0.110 e. The Balaban J connectivity index is 4.13. The summed E-state index contributed by atoms with van der Waals surface area (Å²) >= 11 is 0. The van der Waals surface area contributed by atoms with Crippen LogP contribution in [0.15, 0.2) is 0 Å². The van der Waals surface area contributed by atoms with Crippen LogP contribution in [-0.4, -0.2) is 63.1 Å². The number of hydrogen-bond acceptors (Lipinski definition) is 7. The lowest BCUT2D eigenvalue weighted by Gasteiger charge is -2.26. The molecule has 0 saturated carbocycles. The van der Waals surface area contributed by atoms with E-state index in [-0.39, 0.29) is 0 Å². The van der Waals surface area contributed by atoms with Gasteiger partial charge in [0.25, 0.3) is 0 Å². The lowest BCUT2D eigenvalue weighted by Crippen LogP contribution is -2.54. The molecule has 0 aromatic heterocycles. The van der Waals surface area contributed by atoms with Gasteiger partial charge in [0.1, 0.15) is 18.3 Å². The second-order valence-electron chi connectivity index (χ2n) is 2.69. The van der Waals surface area contributed by atoms with Crippen molar-refractivity contribution in [1.82, 2.24) is 5.43 Å². The summed E-state index contributed by atoms with van der Waals surface area (Å²) in [5, 5.41) is 44.4. The fraction of sp³-hybridized carbons (Fsp3) is 1.00. The molecule has 13 heavy (non-hydrogen) atoms. The molecule has 7 heteroatoms. The zero-order valence-corrected chi connectivity index (χ0v) is 7.04. The van der Waals surface area contributed by atoms with Gasteiger partial charge in [-0.1, -0.05) is 0 Å². The quantitative estimate of drug-likeness (QED) is 0.169. The van der Waals surface area contributed by atoms with Crippen LogP contribution in [0.1, 0.15) is 0 Å². The second-order valence-corrected chi connectivity index (χ2v) is 2.69. The predicted octanol–water partition coefficient (Wildman–Crippen LogP) is -4.11. The number of nitrogens with one attached hydrogen (secondary N) is 1. The van der Waals surface area contributed by atoms with Gasteiger partial charge in [-0.25, -0.2) is 0 Å². The summed E-state index contributed by atoms with van der Waals surface area (Å²) in [7, 11) is 0. The van der Waals surface area contributed by atoms with Gasteiger partial charge in [0.05, 0.1) is 19.3 Å². The molecule has 0 heterocycles. The summed E-state index contributed by atoms with van der Waals surface area (Å²) in [6.07, 6.45) is -4.47. The van der Waals surface area contributed by atoms with Gasteiger partial charge in [0.15, 0.2) is 0 Å². The monoisotopic (exact) mass is 196 g/mol. The van der Waals surface area contributed by atoms with Gasteiger partial charge in [0.2, 0.25) is 0 Å². The van der Waals surface area contributed by atoms with Crippen molar-refractivity contribution in [3.05, 3.63) is 0 Å². The van der Waals surface area contributed by atoms with Crippen LogP contribution in [0.4, 0.5) is 0 Å². The smallest absolute Gasteiger partial charge is 0.110 e. The van der Waals surface area contributed by atoms with Crippen LogP contribution in [0.2, 0.25) is 0 Å². The minimum absolute atomic E-state index is 0.493. The molecule has 0 saturated heterocycles. The SMILES string of the molecule is NN[C@@H](CO)[C@H](O)[C@@H](O)[C@H](O)CO. The third-order valence-electron chi connectivity index (χ3n) is 1.75. The van der Waals surface area contributed by atoms with Crippen molar-refractivity contribution in [2.24, 2.45) is 5.84 Å². The zero-order chi connectivity index (χ0) is 10.4. The van der Waals surface area contributed by atoms with Crippen molar-refractivity contribution in [1.29, 1.82) is 0 Å². The highest BCUT2D eigenvalue weighted by Crippen LogP contribution is 2.03. The molecule has 80 valence electrons. The Morgan fingerprint density at radius 1 is 1.00 bits per heavy atom. The standard InChI is InChI=1S/C6H16N2O5/c7-8-3(1-9)5(12)6(13)4(11)2-10/h3-6,8-13H,1-2,7H2/t3-,4+,5-,6-/m0/s1. The summed E-state index contributed by atoms with van der Waals surface area (Å²) in [4.78, 5) is 0. The van der Waals surface area contributed by atoms with Crippen molar-refractivity contribution in [3.63, 3.8) is 0 Å². The maximum absolute atomic E-state index is 9.26. The molecule has 0 aliphatic carbocycles. The zero-order valence-electron chi connectivity index (χ0n) is 7.04. The largest absolute Gasteiger partial charge is 0.395 e. The Morgan fingerprint density at radius 3 is 1.85 bits per heavy atom. The minimum Gasteiger partial charge on any atom is -0.395 e. The topological polar surface area (TPSA) is 139 Å². The van der Waals surface area contributed by atoms with Crippen LogP contribution < -0.4 is 11.3 Å². The molecular formula is C6H16N2O5. The number of aliphatic hydroxyl groups is 5. The normalized spacial score (nSPS) is 20.8. The van der Waals surface area contributed by atoms with E-state index in [0.717, 1.165) is 0 Å². The van der Waals surface area contributed by atoms with Gasteiger partial charge in [-0.05, 0) is 0 Å². The van der Waals surface area contributed by atoms with E-state index in [9.17, 15) is 5.11 Å². The molecule has 7 nitrogen and oxygen atoms in total. The molecule has 0 radical (unpaired) electrons. The fourth-order valence-electron chi connectivity index (χ4n) is 0.833. The number of hydrogen-bond donors (Lipinski definition) is 7.